The number of cyclic esters (lactones) is 1. The van der Waals surface area contributed by atoms with Crippen LogP contribution in [0.4, 0.5) is 0 Å². The lowest BCUT2D eigenvalue weighted by atomic mass is 9.79. The molecule has 3 saturated heterocycles. The number of carbonyl (C=O) groups is 4. The number of benzene rings is 1. The Labute approximate surface area is 362 Å². The molecule has 1 aromatic carbocycles. The molecule has 15 heteroatoms. The van der Waals surface area contributed by atoms with E-state index in [2.05, 4.69) is 65.2 Å². The van der Waals surface area contributed by atoms with E-state index in [1.807, 2.05) is 39.3 Å². The number of hydrogen-bond donors (Lipinski definition) is 2. The van der Waals surface area contributed by atoms with Gasteiger partial charge in [0.05, 0.1) is 40.2 Å². The zero-order chi connectivity index (χ0) is 43.4. The van der Waals surface area contributed by atoms with Gasteiger partial charge in [-0.1, -0.05) is 33.8 Å². The number of nitrogens with one attached hydrogen (secondary N) is 2. The van der Waals surface area contributed by atoms with Crippen molar-refractivity contribution < 1.29 is 28.7 Å². The average Bonchev–Trinajstić information content (AvgIpc) is 3.92. The molecular formula is C46H60N8O6S. The minimum atomic E-state index is -1.01. The number of aromatic nitrogens is 3. The monoisotopic (exact) mass is 852 g/mol. The molecule has 1 spiro atoms. The normalized spacial score (nSPS) is 22.9. The summed E-state index contributed by atoms with van der Waals surface area (Å²) >= 11 is 1.44. The number of rotatable bonds is 8. The number of pyridine rings is 1. The number of aryl methyl sites for hydroxylation is 1. The van der Waals surface area contributed by atoms with Crippen molar-refractivity contribution in [3.63, 3.8) is 0 Å². The Morgan fingerprint density at radius 3 is 2.64 bits per heavy atom. The molecule has 0 saturated carbocycles. The molecule has 3 unspecified atom stereocenters. The van der Waals surface area contributed by atoms with Gasteiger partial charge in [0.25, 0.3) is 5.91 Å². The van der Waals surface area contributed by atoms with Crippen LogP contribution in [0.3, 0.4) is 0 Å². The molecule has 6 bridgehead atoms. The van der Waals surface area contributed by atoms with Crippen LogP contribution >= 0.6 is 11.3 Å². The quantitative estimate of drug-likeness (QED) is 0.221. The van der Waals surface area contributed by atoms with Crippen LogP contribution < -0.4 is 10.7 Å². The fourth-order valence-electron chi connectivity index (χ4n) is 10.0. The maximum Gasteiger partial charge on any atom is 0.324 e. The highest BCUT2D eigenvalue weighted by Crippen LogP contribution is 2.43. The van der Waals surface area contributed by atoms with E-state index >= 15 is 0 Å². The first-order valence-corrected chi connectivity index (χ1v) is 22.6. The molecule has 326 valence electrons. The highest BCUT2D eigenvalue weighted by atomic mass is 32.1. The highest BCUT2D eigenvalue weighted by Gasteiger charge is 2.56. The van der Waals surface area contributed by atoms with Crippen molar-refractivity contribution in [2.45, 2.75) is 104 Å². The van der Waals surface area contributed by atoms with Crippen molar-refractivity contribution in [1.82, 2.24) is 40.1 Å². The van der Waals surface area contributed by atoms with Gasteiger partial charge in [0.2, 0.25) is 11.8 Å². The van der Waals surface area contributed by atoms with Crippen LogP contribution in [-0.2, 0) is 48.0 Å². The predicted octanol–water partition coefficient (Wildman–Crippen LogP) is 5.39. The Bertz CT molecular complexity index is 2330. The standard InChI is InChI=1S/C46H60N8O6S/c1-9-52-36-15-14-29-20-31(36)32(40(52)30-12-10-17-47-38(30)28(4)59-8)22-45(5,6)26-60-43(57)33-13-11-18-54(50-33)42(56)34(21-37-48-35(29)23-61-37)49-41(55)39(27(2)3)53-19-16-46(44(53)58)24-51(7)25-46/h10,12,14-15,17,20,23,27-28,33-34,39,50H,9,11,13,16,18-19,21-22,24-26H2,1-8H3,(H,49,55)/t28?,33-,34?,39?/m0/s1. The lowest BCUT2D eigenvalue weighted by molar-refractivity contribution is -0.155. The number of carbonyl (C=O) groups excluding carboxylic acids is 4. The SMILES string of the molecule is CCn1c(-c2cccnc2C(C)OC)c2c3cc(ccc31)-c1csc(n1)CC(NC(=O)C(C(C)C)N1CCC3(CN(C)C3)C1=O)C(=O)N1CCC[C@H](N1)C(=O)OCC(C)(C)C2. The number of nitrogens with zero attached hydrogens (tertiary/aromatic N) is 6. The lowest BCUT2D eigenvalue weighted by Crippen LogP contribution is -2.63. The number of thiazole rings is 1. The number of hydrazine groups is 1. The molecule has 14 nitrogen and oxygen atoms in total. The Kier molecular flexibility index (Phi) is 11.9. The first-order valence-electron chi connectivity index (χ1n) is 21.8. The first-order chi connectivity index (χ1) is 29.1. The maximum absolute atomic E-state index is 14.6. The Balaban J connectivity index is 1.19. The summed E-state index contributed by atoms with van der Waals surface area (Å²) in [4.78, 5) is 70.4. The molecule has 4 aromatic rings. The van der Waals surface area contributed by atoms with E-state index < -0.39 is 34.9 Å². The van der Waals surface area contributed by atoms with Crippen molar-refractivity contribution in [3.8, 4) is 22.5 Å². The summed E-state index contributed by atoms with van der Waals surface area (Å²) in [7, 11) is 3.69. The second-order valence-corrected chi connectivity index (χ2v) is 19.6. The molecule has 0 radical (unpaired) electrons. The molecule has 3 amide bonds. The van der Waals surface area contributed by atoms with Crippen molar-refractivity contribution in [1.29, 1.82) is 0 Å². The Morgan fingerprint density at radius 1 is 1.13 bits per heavy atom. The summed E-state index contributed by atoms with van der Waals surface area (Å²) in [6.07, 6.45) is 4.07. The van der Waals surface area contributed by atoms with Crippen LogP contribution in [0.1, 0.15) is 83.2 Å². The van der Waals surface area contributed by atoms with Gasteiger partial charge in [-0.3, -0.25) is 29.2 Å². The van der Waals surface area contributed by atoms with Crippen molar-refractivity contribution >= 4 is 45.9 Å². The van der Waals surface area contributed by atoms with Crippen LogP contribution in [0.5, 0.6) is 0 Å². The molecule has 4 atom stereocenters. The number of esters is 1. The summed E-state index contributed by atoms with van der Waals surface area (Å²) in [5.41, 5.74) is 9.02. The number of ether oxygens (including phenoxy) is 2. The van der Waals surface area contributed by atoms with E-state index in [1.165, 1.54) is 16.3 Å². The summed E-state index contributed by atoms with van der Waals surface area (Å²) in [5.74, 6) is -1.35. The zero-order valence-electron chi connectivity index (χ0n) is 36.7. The van der Waals surface area contributed by atoms with Gasteiger partial charge in [0.1, 0.15) is 18.1 Å². The van der Waals surface area contributed by atoms with E-state index in [-0.39, 0.29) is 42.8 Å². The molecule has 3 fully saturated rings. The molecule has 7 heterocycles. The third kappa shape index (κ3) is 8.10. The van der Waals surface area contributed by atoms with E-state index in [1.54, 1.807) is 18.2 Å². The molecular weight excluding hydrogens is 793 g/mol. The zero-order valence-corrected chi connectivity index (χ0v) is 37.6. The van der Waals surface area contributed by atoms with Crippen LogP contribution in [0, 0.1) is 16.7 Å². The smallest absolute Gasteiger partial charge is 0.324 e. The van der Waals surface area contributed by atoms with Crippen LogP contribution in [0.15, 0.2) is 41.9 Å². The fourth-order valence-corrected chi connectivity index (χ4v) is 10.9. The third-order valence-electron chi connectivity index (χ3n) is 13.1. The highest BCUT2D eigenvalue weighted by molar-refractivity contribution is 7.10. The Morgan fingerprint density at radius 2 is 1.92 bits per heavy atom. The molecule has 3 aromatic heterocycles. The van der Waals surface area contributed by atoms with E-state index in [0.717, 1.165) is 44.7 Å². The van der Waals surface area contributed by atoms with Crippen molar-refractivity contribution in [3.05, 3.63) is 58.2 Å². The number of amides is 3. The molecule has 61 heavy (non-hydrogen) atoms. The van der Waals surface area contributed by atoms with Gasteiger partial charge in [-0.2, -0.15) is 0 Å². The molecule has 8 rings (SSSR count). The van der Waals surface area contributed by atoms with Gasteiger partial charge in [-0.05, 0) is 82.3 Å². The number of hydrogen-bond acceptors (Lipinski definition) is 11. The molecule has 2 N–H and O–H groups in total. The van der Waals surface area contributed by atoms with Gasteiger partial charge < -0.3 is 29.2 Å². The van der Waals surface area contributed by atoms with Crippen molar-refractivity contribution in [2.75, 3.05) is 46.9 Å². The van der Waals surface area contributed by atoms with Crippen molar-refractivity contribution in [2.24, 2.45) is 16.7 Å². The minimum absolute atomic E-state index is 0.00853. The summed E-state index contributed by atoms with van der Waals surface area (Å²) in [6, 6.07) is 7.99. The maximum atomic E-state index is 14.6. The molecule has 4 aliphatic heterocycles. The van der Waals surface area contributed by atoms with Crippen LogP contribution in [0.25, 0.3) is 33.4 Å². The van der Waals surface area contributed by atoms with Crippen LogP contribution in [-0.4, -0.2) is 118 Å². The topological polar surface area (TPSA) is 151 Å². The van der Waals surface area contributed by atoms with E-state index in [0.29, 0.717) is 63.4 Å². The van der Waals surface area contributed by atoms with Gasteiger partial charge in [-0.25, -0.2) is 10.4 Å². The fraction of sp³-hybridized carbons (Fsp3) is 0.565. The van der Waals surface area contributed by atoms with Crippen LogP contribution in [0.2, 0.25) is 0 Å². The van der Waals surface area contributed by atoms with Gasteiger partial charge >= 0.3 is 5.97 Å². The second kappa shape index (κ2) is 16.9. The summed E-state index contributed by atoms with van der Waals surface area (Å²) in [5, 5.41) is 8.30. The average molecular weight is 853 g/mol. The number of likely N-dealkylation sites (tertiary alicyclic amines) is 2. The van der Waals surface area contributed by atoms with Gasteiger partial charge in [0, 0.05) is 85.3 Å². The largest absolute Gasteiger partial charge is 0.464 e. The predicted molar refractivity (Wildman–Crippen MR) is 234 cm³/mol. The summed E-state index contributed by atoms with van der Waals surface area (Å²) < 4.78 is 14.2. The Hall–Kier alpha value is -4.70. The number of methoxy groups -OCH3 is 1. The molecule has 0 aliphatic carbocycles. The first kappa shape index (κ1) is 43.0. The van der Waals surface area contributed by atoms with E-state index in [9.17, 15) is 19.2 Å². The summed E-state index contributed by atoms with van der Waals surface area (Å²) in [6.45, 7) is 15.3. The molecule has 4 aliphatic rings. The van der Waals surface area contributed by atoms with Gasteiger partial charge in [-0.15, -0.1) is 11.3 Å². The third-order valence-corrected chi connectivity index (χ3v) is 14.0. The van der Waals surface area contributed by atoms with E-state index in [4.69, 9.17) is 19.4 Å². The minimum Gasteiger partial charge on any atom is -0.464 e. The van der Waals surface area contributed by atoms with Gasteiger partial charge in [0.15, 0.2) is 0 Å². The lowest BCUT2D eigenvalue weighted by Gasteiger charge is -2.45. The number of fused-ring (bicyclic) bond motifs is 6. The second-order valence-electron chi connectivity index (χ2n) is 18.7.